The molecule has 0 aliphatic heterocycles. The highest BCUT2D eigenvalue weighted by Crippen LogP contribution is 2.01. The third-order valence-electron chi connectivity index (χ3n) is 1.30. The first kappa shape index (κ1) is 8.09. The molecule has 44 valence electrons. The fourth-order valence-corrected chi connectivity index (χ4v) is 0.558. The molecule has 0 rings (SSSR count). The van der Waals surface area contributed by atoms with Crippen LogP contribution < -0.4 is 5.73 Å². The molecule has 0 aromatic rings. The van der Waals surface area contributed by atoms with Gasteiger partial charge in [0.2, 0.25) is 0 Å². The molecule has 0 saturated carbocycles. The highest BCUT2D eigenvalue weighted by Gasteiger charge is 2.13. The van der Waals surface area contributed by atoms with Gasteiger partial charge in [0.05, 0.1) is 0 Å². The molecule has 0 fully saturated rings. The summed E-state index contributed by atoms with van der Waals surface area (Å²) in [6.45, 7) is 6.03. The maximum atomic E-state index is 5.74. The molecule has 3 heteroatoms. The van der Waals surface area contributed by atoms with Gasteiger partial charge in [-0.3, -0.25) is 0 Å². The minimum Gasteiger partial charge on any atom is -0.333 e. The molecular weight excluding hydrogens is 95.7 g/mol. The fourth-order valence-electron chi connectivity index (χ4n) is 0.558. The lowest BCUT2D eigenvalue weighted by Crippen LogP contribution is -2.41. The van der Waals surface area contributed by atoms with Gasteiger partial charge in [0, 0.05) is 0 Å². The van der Waals surface area contributed by atoms with Crippen LogP contribution in [0, 0.1) is 0 Å². The van der Waals surface area contributed by atoms with Crippen molar-refractivity contribution >= 4 is 14.6 Å². The summed E-state index contributed by atoms with van der Waals surface area (Å²) in [7, 11) is 4.10. The van der Waals surface area contributed by atoms with Gasteiger partial charge < -0.3 is 5.73 Å². The van der Waals surface area contributed by atoms with E-state index in [1.165, 1.54) is 0 Å². The second-order valence-electron chi connectivity index (χ2n) is 2.41. The van der Waals surface area contributed by atoms with E-state index in [-0.39, 0.29) is 5.44 Å². The van der Waals surface area contributed by atoms with Crippen molar-refractivity contribution in [3.05, 3.63) is 0 Å². The second-order valence-corrected chi connectivity index (χ2v) is 2.41. The number of hydrogen-bond acceptors (Lipinski definition) is 1. The third kappa shape index (κ3) is 3.14. The van der Waals surface area contributed by atoms with E-state index in [1.807, 2.05) is 27.8 Å². The molecule has 0 amide bonds. The van der Waals surface area contributed by atoms with E-state index in [9.17, 15) is 0 Å². The average molecular weight is 109 g/mol. The van der Waals surface area contributed by atoms with Gasteiger partial charge in [-0.05, 0) is 5.44 Å². The van der Waals surface area contributed by atoms with Crippen LogP contribution in [-0.2, 0) is 0 Å². The predicted molar refractivity (Wildman–Crippen MR) is 40.6 cm³/mol. The fraction of sp³-hybridized carbons (Fsp3) is 1.00. The van der Waals surface area contributed by atoms with E-state index in [4.69, 9.17) is 5.73 Å². The van der Waals surface area contributed by atoms with Crippen molar-refractivity contribution in [3.63, 3.8) is 0 Å². The highest BCUT2D eigenvalue weighted by atomic mass is 14.7. The first-order chi connectivity index (χ1) is 3.62. The van der Waals surface area contributed by atoms with Crippen LogP contribution in [0.3, 0.4) is 0 Å². The van der Waals surface area contributed by atoms with Crippen molar-refractivity contribution in [1.82, 2.24) is 0 Å². The monoisotopic (exact) mass is 109 g/mol. The number of rotatable bonds is 3. The number of nitrogens with two attached hydrogens (primary N) is 1. The van der Waals surface area contributed by atoms with Gasteiger partial charge in [-0.25, -0.2) is 0 Å². The smallest absolute Gasteiger partial charge is 0.132 e. The summed E-state index contributed by atoms with van der Waals surface area (Å²) in [5.41, 5.74) is 5.65. The summed E-state index contributed by atoms with van der Waals surface area (Å²) in [6.07, 6.45) is 0.962. The third-order valence-corrected chi connectivity index (χ3v) is 1.30. The lowest BCUT2D eigenvalue weighted by Gasteiger charge is -2.20. The Bertz CT molecular complexity index is 63.4. The number of hydrogen-bond donors (Lipinski definition) is 1. The molecule has 1 nitrogen and oxygen atoms in total. The zero-order valence-electron chi connectivity index (χ0n) is 5.94. The maximum absolute atomic E-state index is 5.74. The molecule has 0 bridgehead atoms. The molecule has 0 aliphatic carbocycles. The molecule has 8 heavy (non-hydrogen) atoms. The second kappa shape index (κ2) is 3.18. The Morgan fingerprint density at radius 3 is 2.12 bits per heavy atom. The summed E-state index contributed by atoms with van der Waals surface area (Å²) >= 11 is 0. The van der Waals surface area contributed by atoms with Gasteiger partial charge in [-0.2, -0.15) is 0 Å². The van der Waals surface area contributed by atoms with Gasteiger partial charge in [-0.15, -0.1) is 0 Å². The largest absolute Gasteiger partial charge is 0.333 e. The van der Waals surface area contributed by atoms with Crippen LogP contribution in [0.15, 0.2) is 0 Å². The van der Waals surface area contributed by atoms with Crippen molar-refractivity contribution in [3.8, 4) is 0 Å². The summed E-state index contributed by atoms with van der Waals surface area (Å²) in [6, 6.07) is 0. The molecule has 0 heterocycles. The van der Waals surface area contributed by atoms with E-state index in [0.29, 0.717) is 0 Å². The zero-order chi connectivity index (χ0) is 6.62. The minimum atomic E-state index is -0.0885. The van der Waals surface area contributed by atoms with Crippen LogP contribution in [0.4, 0.5) is 0 Å². The van der Waals surface area contributed by atoms with Crippen LogP contribution >= 0.6 is 0 Å². The van der Waals surface area contributed by atoms with Gasteiger partial charge in [0.15, 0.2) is 0 Å². The summed E-state index contributed by atoms with van der Waals surface area (Å²) in [5.74, 6) is 0. The molecule has 2 N–H and O–H groups in total. The summed E-state index contributed by atoms with van der Waals surface area (Å²) in [5, 5.41) is 0. The first-order valence-corrected chi connectivity index (χ1v) is 2.99. The molecule has 0 aromatic carbocycles. The van der Waals surface area contributed by atoms with Crippen LogP contribution in [0.25, 0.3) is 0 Å². The molecule has 1 atom stereocenters. The van der Waals surface area contributed by atoms with E-state index in [2.05, 4.69) is 7.28 Å². The molecule has 0 aliphatic rings. The SMILES string of the molecule is C[B]C[C@](C)(N)[B]C. The van der Waals surface area contributed by atoms with Gasteiger partial charge in [0.1, 0.15) is 14.6 Å². The quantitative estimate of drug-likeness (QED) is 0.527. The maximum Gasteiger partial charge on any atom is 0.132 e. The lowest BCUT2D eigenvalue weighted by molar-refractivity contribution is 0.726. The molecule has 0 spiro atoms. The Hall–Kier alpha value is 0.0899. The normalized spacial score (nSPS) is 17.0. The highest BCUT2D eigenvalue weighted by molar-refractivity contribution is 6.43. The minimum absolute atomic E-state index is 0.0885. The Balaban J connectivity index is 3.37. The van der Waals surface area contributed by atoms with Crippen molar-refractivity contribution in [2.45, 2.75) is 32.3 Å². The van der Waals surface area contributed by atoms with E-state index in [1.54, 1.807) is 0 Å². The predicted octanol–water partition coefficient (Wildman–Crippen LogP) is 0.584. The van der Waals surface area contributed by atoms with Gasteiger partial charge in [0.25, 0.3) is 0 Å². The molecule has 0 saturated heterocycles. The Morgan fingerprint density at radius 2 is 2.00 bits per heavy atom. The zero-order valence-corrected chi connectivity index (χ0v) is 5.94. The average Bonchev–Trinajstić information content (AvgIpc) is 1.67. The van der Waals surface area contributed by atoms with Gasteiger partial charge in [-0.1, -0.05) is 26.9 Å². The van der Waals surface area contributed by atoms with Crippen LogP contribution in [0.1, 0.15) is 6.92 Å². The van der Waals surface area contributed by atoms with E-state index >= 15 is 0 Å². The summed E-state index contributed by atoms with van der Waals surface area (Å²) < 4.78 is 0. The van der Waals surface area contributed by atoms with Crippen molar-refractivity contribution in [2.75, 3.05) is 0 Å². The lowest BCUT2D eigenvalue weighted by atomic mass is 9.52. The molecular formula is C5H13B2N. The Labute approximate surface area is 53.5 Å². The van der Waals surface area contributed by atoms with Crippen molar-refractivity contribution in [1.29, 1.82) is 0 Å². The molecule has 2 radical (unpaired) electrons. The molecule has 0 aromatic heterocycles. The topological polar surface area (TPSA) is 26.0 Å². The van der Waals surface area contributed by atoms with Crippen molar-refractivity contribution in [2.24, 2.45) is 5.73 Å². The van der Waals surface area contributed by atoms with Crippen LogP contribution in [0.2, 0.25) is 20.0 Å². The van der Waals surface area contributed by atoms with Crippen LogP contribution in [0.5, 0.6) is 0 Å². The summed E-state index contributed by atoms with van der Waals surface area (Å²) in [4.78, 5) is 0. The standard InChI is InChI=1S/C5H13B2N/c1-5(8,7-3)4-6-2/h4,8H2,1-3H3/t5-/m0/s1. The van der Waals surface area contributed by atoms with Crippen LogP contribution in [-0.4, -0.2) is 20.0 Å². The van der Waals surface area contributed by atoms with E-state index in [0.717, 1.165) is 6.32 Å². The van der Waals surface area contributed by atoms with Gasteiger partial charge >= 0.3 is 0 Å². The first-order valence-electron chi connectivity index (χ1n) is 2.99. The Kier molecular flexibility index (Phi) is 3.22. The molecule has 0 unspecified atom stereocenters. The van der Waals surface area contributed by atoms with Crippen molar-refractivity contribution < 1.29 is 0 Å². The van der Waals surface area contributed by atoms with E-state index < -0.39 is 0 Å². The Morgan fingerprint density at radius 1 is 1.50 bits per heavy atom.